The molecule has 1 aromatic heterocycles. The molecule has 0 spiro atoms. The second-order valence-electron chi connectivity index (χ2n) is 4.63. The predicted octanol–water partition coefficient (Wildman–Crippen LogP) is 1.19. The van der Waals surface area contributed by atoms with E-state index >= 15 is 0 Å². The highest BCUT2D eigenvalue weighted by atomic mass is 35.5. The molecular weight excluding hydrogens is 252 g/mol. The first-order valence-electron chi connectivity index (χ1n) is 6.22. The number of rotatable bonds is 3. The van der Waals surface area contributed by atoms with Crippen molar-refractivity contribution in [3.63, 3.8) is 0 Å². The molecule has 1 saturated heterocycles. The van der Waals surface area contributed by atoms with Crippen molar-refractivity contribution in [2.24, 2.45) is 12.8 Å². The monoisotopic (exact) mass is 272 g/mol. The highest BCUT2D eigenvalue weighted by molar-refractivity contribution is 5.94. The molecule has 1 unspecified atom stereocenters. The summed E-state index contributed by atoms with van der Waals surface area (Å²) in [6.07, 6.45) is 7.66. The van der Waals surface area contributed by atoms with Gasteiger partial charge in [0.2, 0.25) is 0 Å². The van der Waals surface area contributed by atoms with Gasteiger partial charge in [0, 0.05) is 25.8 Å². The largest absolute Gasteiger partial charge is 0.336 e. The molecule has 1 aliphatic rings. The SMILES string of the molecule is Cl.Cn1cc(C(=O)N2CCCCC2CCN)cn1. The Morgan fingerprint density at radius 1 is 1.56 bits per heavy atom. The van der Waals surface area contributed by atoms with Gasteiger partial charge in [0.15, 0.2) is 0 Å². The van der Waals surface area contributed by atoms with E-state index in [1.807, 2.05) is 11.9 Å². The highest BCUT2D eigenvalue weighted by Crippen LogP contribution is 2.21. The van der Waals surface area contributed by atoms with Crippen molar-refractivity contribution >= 4 is 18.3 Å². The van der Waals surface area contributed by atoms with Gasteiger partial charge in [-0.1, -0.05) is 0 Å². The van der Waals surface area contributed by atoms with Gasteiger partial charge < -0.3 is 10.6 Å². The van der Waals surface area contributed by atoms with Crippen LogP contribution in [0.2, 0.25) is 0 Å². The maximum absolute atomic E-state index is 12.3. The van der Waals surface area contributed by atoms with Crippen LogP contribution in [0.5, 0.6) is 0 Å². The number of halogens is 1. The minimum Gasteiger partial charge on any atom is -0.336 e. The van der Waals surface area contributed by atoms with Gasteiger partial charge in [-0.3, -0.25) is 9.48 Å². The Morgan fingerprint density at radius 3 is 2.94 bits per heavy atom. The smallest absolute Gasteiger partial charge is 0.257 e. The molecule has 1 amide bonds. The Bertz CT molecular complexity index is 391. The van der Waals surface area contributed by atoms with Crippen molar-refractivity contribution in [1.29, 1.82) is 0 Å². The summed E-state index contributed by atoms with van der Waals surface area (Å²) in [6, 6.07) is 0.307. The van der Waals surface area contributed by atoms with Crippen LogP contribution < -0.4 is 5.73 Å². The lowest BCUT2D eigenvalue weighted by molar-refractivity contribution is 0.0605. The first-order chi connectivity index (χ1) is 8.22. The molecule has 18 heavy (non-hydrogen) atoms. The zero-order chi connectivity index (χ0) is 12.3. The molecule has 2 rings (SSSR count). The minimum atomic E-state index is 0. The van der Waals surface area contributed by atoms with E-state index in [-0.39, 0.29) is 18.3 Å². The molecule has 102 valence electrons. The molecule has 6 heteroatoms. The summed E-state index contributed by atoms with van der Waals surface area (Å²) in [5.74, 6) is 0.0938. The molecule has 2 heterocycles. The van der Waals surface area contributed by atoms with Crippen LogP contribution in [0, 0.1) is 0 Å². The molecule has 5 nitrogen and oxygen atoms in total. The normalized spacial score (nSPS) is 19.4. The molecule has 1 aliphatic heterocycles. The van der Waals surface area contributed by atoms with Crippen LogP contribution in [0.4, 0.5) is 0 Å². The van der Waals surface area contributed by atoms with Gasteiger partial charge in [-0.15, -0.1) is 12.4 Å². The Balaban J connectivity index is 0.00000162. The number of nitrogens with two attached hydrogens (primary N) is 1. The summed E-state index contributed by atoms with van der Waals surface area (Å²) in [7, 11) is 1.82. The topological polar surface area (TPSA) is 64.2 Å². The molecule has 2 N–H and O–H groups in total. The summed E-state index contributed by atoms with van der Waals surface area (Å²) in [5.41, 5.74) is 6.29. The first-order valence-corrected chi connectivity index (χ1v) is 6.22. The lowest BCUT2D eigenvalue weighted by Crippen LogP contribution is -2.44. The molecule has 0 bridgehead atoms. The summed E-state index contributed by atoms with van der Waals surface area (Å²) < 4.78 is 1.66. The maximum atomic E-state index is 12.3. The summed E-state index contributed by atoms with van der Waals surface area (Å²) in [5, 5.41) is 4.05. The van der Waals surface area contributed by atoms with Crippen molar-refractivity contribution < 1.29 is 4.79 Å². The molecule has 0 saturated carbocycles. The fourth-order valence-corrected chi connectivity index (χ4v) is 2.46. The summed E-state index contributed by atoms with van der Waals surface area (Å²) in [4.78, 5) is 14.3. The van der Waals surface area contributed by atoms with E-state index in [0.717, 1.165) is 25.8 Å². The van der Waals surface area contributed by atoms with Crippen LogP contribution in [-0.4, -0.2) is 39.7 Å². The van der Waals surface area contributed by atoms with Crippen LogP contribution in [0.25, 0.3) is 0 Å². The van der Waals surface area contributed by atoms with Crippen LogP contribution in [0.3, 0.4) is 0 Å². The Morgan fingerprint density at radius 2 is 2.33 bits per heavy atom. The number of hydrogen-bond acceptors (Lipinski definition) is 3. The summed E-state index contributed by atoms with van der Waals surface area (Å²) >= 11 is 0. The molecule has 1 fully saturated rings. The average Bonchev–Trinajstić information content (AvgIpc) is 2.76. The number of aryl methyl sites for hydroxylation is 1. The fraction of sp³-hybridized carbons (Fsp3) is 0.667. The third-order valence-electron chi connectivity index (χ3n) is 3.34. The number of hydrogen-bond donors (Lipinski definition) is 1. The van der Waals surface area contributed by atoms with E-state index < -0.39 is 0 Å². The third-order valence-corrected chi connectivity index (χ3v) is 3.34. The molecular formula is C12H21ClN4O. The maximum Gasteiger partial charge on any atom is 0.257 e. The molecule has 0 aliphatic carbocycles. The quantitative estimate of drug-likeness (QED) is 0.899. The van der Waals surface area contributed by atoms with E-state index in [1.54, 1.807) is 17.1 Å². The first kappa shape index (κ1) is 15.0. The number of piperidine rings is 1. The zero-order valence-corrected chi connectivity index (χ0v) is 11.5. The van der Waals surface area contributed by atoms with Crippen molar-refractivity contribution in [3.05, 3.63) is 18.0 Å². The van der Waals surface area contributed by atoms with Crippen LogP contribution in [0.15, 0.2) is 12.4 Å². The van der Waals surface area contributed by atoms with E-state index in [1.165, 1.54) is 6.42 Å². The van der Waals surface area contributed by atoms with E-state index in [0.29, 0.717) is 18.2 Å². The second-order valence-corrected chi connectivity index (χ2v) is 4.63. The van der Waals surface area contributed by atoms with Gasteiger partial charge in [-0.2, -0.15) is 5.10 Å². The average molecular weight is 273 g/mol. The van der Waals surface area contributed by atoms with Gasteiger partial charge in [0.1, 0.15) is 0 Å². The highest BCUT2D eigenvalue weighted by Gasteiger charge is 2.27. The van der Waals surface area contributed by atoms with E-state index in [2.05, 4.69) is 5.10 Å². The fourth-order valence-electron chi connectivity index (χ4n) is 2.46. The van der Waals surface area contributed by atoms with Crippen LogP contribution in [0.1, 0.15) is 36.0 Å². The Kier molecular flexibility index (Phi) is 5.62. The van der Waals surface area contributed by atoms with Crippen molar-refractivity contribution in [1.82, 2.24) is 14.7 Å². The third kappa shape index (κ3) is 3.23. The lowest BCUT2D eigenvalue weighted by atomic mass is 9.98. The lowest BCUT2D eigenvalue weighted by Gasteiger charge is -2.35. The van der Waals surface area contributed by atoms with Crippen molar-refractivity contribution in [3.8, 4) is 0 Å². The zero-order valence-electron chi connectivity index (χ0n) is 10.7. The standard InChI is InChI=1S/C12H20N4O.ClH/c1-15-9-10(8-14-15)12(17)16-7-3-2-4-11(16)5-6-13;/h8-9,11H,2-7,13H2,1H3;1H. The number of carbonyl (C=O) groups is 1. The molecule has 0 radical (unpaired) electrons. The van der Waals surface area contributed by atoms with Gasteiger partial charge in [-0.05, 0) is 32.2 Å². The molecule has 1 aromatic rings. The van der Waals surface area contributed by atoms with E-state index in [9.17, 15) is 4.79 Å². The number of amides is 1. The number of aromatic nitrogens is 2. The van der Waals surface area contributed by atoms with Crippen molar-refractivity contribution in [2.45, 2.75) is 31.7 Å². The molecule has 0 aromatic carbocycles. The predicted molar refractivity (Wildman–Crippen MR) is 72.8 cm³/mol. The van der Waals surface area contributed by atoms with Crippen LogP contribution in [-0.2, 0) is 7.05 Å². The second kappa shape index (κ2) is 6.75. The van der Waals surface area contributed by atoms with E-state index in [4.69, 9.17) is 5.73 Å². The summed E-state index contributed by atoms with van der Waals surface area (Å²) in [6.45, 7) is 1.49. The molecule has 1 atom stereocenters. The minimum absolute atomic E-state index is 0. The van der Waals surface area contributed by atoms with Crippen LogP contribution >= 0.6 is 12.4 Å². The Labute approximate surface area is 114 Å². The van der Waals surface area contributed by atoms with Crippen molar-refractivity contribution in [2.75, 3.05) is 13.1 Å². The van der Waals surface area contributed by atoms with Gasteiger partial charge in [0.25, 0.3) is 5.91 Å². The Hall–Kier alpha value is -1.07. The number of nitrogens with zero attached hydrogens (tertiary/aromatic N) is 3. The van der Waals surface area contributed by atoms with Gasteiger partial charge in [0.05, 0.1) is 11.8 Å². The number of carbonyl (C=O) groups excluding carboxylic acids is 1. The van der Waals surface area contributed by atoms with Gasteiger partial charge in [-0.25, -0.2) is 0 Å². The van der Waals surface area contributed by atoms with Gasteiger partial charge >= 0.3 is 0 Å². The number of likely N-dealkylation sites (tertiary alicyclic amines) is 1.